The zero-order chi connectivity index (χ0) is 27.7. The van der Waals surface area contributed by atoms with Crippen LogP contribution in [0, 0.1) is 14.9 Å². The predicted octanol–water partition coefficient (Wildman–Crippen LogP) is 8.15. The van der Waals surface area contributed by atoms with E-state index in [1.165, 1.54) is 10.8 Å². The fraction of sp³-hybridized carbons (Fsp3) is 0.0588. The van der Waals surface area contributed by atoms with Crippen molar-refractivity contribution in [3.05, 3.63) is 141 Å². The highest BCUT2D eigenvalue weighted by molar-refractivity contribution is 14.1. The lowest BCUT2D eigenvalue weighted by atomic mass is 10.1. The number of nitrogens with zero attached hydrogens (tertiary/aromatic N) is 1. The zero-order valence-corrected chi connectivity index (χ0v) is 23.7. The molecule has 5 rings (SSSR count). The van der Waals surface area contributed by atoms with Crippen LogP contribution < -0.4 is 14.8 Å². The number of hydrogen-bond donors (Lipinski definition) is 1. The second kappa shape index (κ2) is 13.0. The lowest BCUT2D eigenvalue weighted by Gasteiger charge is -2.10. The van der Waals surface area contributed by atoms with Gasteiger partial charge in [-0.1, -0.05) is 72.8 Å². The van der Waals surface area contributed by atoms with Gasteiger partial charge in [0.05, 0.1) is 3.57 Å². The van der Waals surface area contributed by atoms with E-state index in [-0.39, 0.29) is 5.57 Å². The van der Waals surface area contributed by atoms with Crippen LogP contribution in [-0.4, -0.2) is 5.91 Å². The fourth-order valence-corrected chi connectivity index (χ4v) is 4.80. The first-order valence-corrected chi connectivity index (χ1v) is 13.8. The Morgan fingerprint density at radius 3 is 2.25 bits per heavy atom. The molecule has 0 aliphatic heterocycles. The van der Waals surface area contributed by atoms with E-state index < -0.39 is 5.91 Å². The highest BCUT2D eigenvalue weighted by Crippen LogP contribution is 2.25. The molecule has 0 radical (unpaired) electrons. The minimum Gasteiger partial charge on any atom is -0.489 e. The Labute approximate surface area is 246 Å². The summed E-state index contributed by atoms with van der Waals surface area (Å²) in [6.45, 7) is 0.901. The Morgan fingerprint density at radius 2 is 1.50 bits per heavy atom. The quantitative estimate of drug-likeness (QED) is 0.101. The Morgan fingerprint density at radius 1 is 0.775 bits per heavy atom. The maximum atomic E-state index is 12.8. The van der Waals surface area contributed by atoms with E-state index in [9.17, 15) is 10.1 Å². The molecule has 40 heavy (non-hydrogen) atoms. The van der Waals surface area contributed by atoms with E-state index >= 15 is 0 Å². The van der Waals surface area contributed by atoms with Crippen molar-refractivity contribution in [1.82, 2.24) is 0 Å². The minimum atomic E-state index is -0.480. The smallest absolute Gasteiger partial charge is 0.266 e. The molecule has 0 saturated carbocycles. The van der Waals surface area contributed by atoms with Crippen LogP contribution in [0.1, 0.15) is 16.7 Å². The van der Waals surface area contributed by atoms with Gasteiger partial charge in [-0.2, -0.15) is 5.26 Å². The van der Waals surface area contributed by atoms with Gasteiger partial charge in [0.1, 0.15) is 36.4 Å². The van der Waals surface area contributed by atoms with Crippen LogP contribution in [-0.2, 0) is 18.0 Å². The van der Waals surface area contributed by atoms with E-state index in [1.807, 2.05) is 66.7 Å². The molecule has 1 N–H and O–H groups in total. The molecule has 1 amide bonds. The molecule has 196 valence electrons. The second-order valence-corrected chi connectivity index (χ2v) is 10.2. The number of nitriles is 1. The molecular formula is C34H25IN2O3. The van der Waals surface area contributed by atoms with Crippen molar-refractivity contribution in [2.24, 2.45) is 0 Å². The van der Waals surface area contributed by atoms with Gasteiger partial charge in [-0.15, -0.1) is 0 Å². The molecule has 0 spiro atoms. The van der Waals surface area contributed by atoms with Crippen molar-refractivity contribution >= 4 is 51.0 Å². The lowest BCUT2D eigenvalue weighted by molar-refractivity contribution is -0.112. The normalized spacial score (nSPS) is 11.1. The molecule has 0 bridgehead atoms. The van der Waals surface area contributed by atoms with E-state index in [0.717, 1.165) is 26.0 Å². The standard InChI is InChI=1S/C34H25IN2O3/c35-32-20-25(11-17-33(32)40-23-26-10-12-27-8-4-5-9-28(27)19-26)18-29(21-36)34(38)37-30-13-15-31(16-14-30)39-22-24-6-2-1-3-7-24/h1-20H,22-23H2,(H,37,38)/b29-18+. The van der Waals surface area contributed by atoms with Crippen LogP contribution in [0.4, 0.5) is 5.69 Å². The molecule has 5 nitrogen and oxygen atoms in total. The van der Waals surface area contributed by atoms with Crippen LogP contribution in [0.25, 0.3) is 16.8 Å². The molecule has 0 heterocycles. The largest absolute Gasteiger partial charge is 0.489 e. The van der Waals surface area contributed by atoms with Crippen LogP contribution in [0.15, 0.2) is 121 Å². The maximum Gasteiger partial charge on any atom is 0.266 e. The molecule has 0 aromatic heterocycles. The highest BCUT2D eigenvalue weighted by atomic mass is 127. The second-order valence-electron chi connectivity index (χ2n) is 9.08. The van der Waals surface area contributed by atoms with Gasteiger partial charge in [0.15, 0.2) is 0 Å². The van der Waals surface area contributed by atoms with E-state index in [0.29, 0.717) is 24.7 Å². The van der Waals surface area contributed by atoms with Gasteiger partial charge in [-0.25, -0.2) is 0 Å². The fourth-order valence-electron chi connectivity index (χ4n) is 4.10. The van der Waals surface area contributed by atoms with Crippen molar-refractivity contribution in [3.63, 3.8) is 0 Å². The number of ether oxygens (including phenoxy) is 2. The van der Waals surface area contributed by atoms with E-state index in [1.54, 1.807) is 30.3 Å². The summed E-state index contributed by atoms with van der Waals surface area (Å²) < 4.78 is 12.7. The molecule has 6 heteroatoms. The number of halogens is 1. The van der Waals surface area contributed by atoms with E-state index in [4.69, 9.17) is 9.47 Å². The summed E-state index contributed by atoms with van der Waals surface area (Å²) in [4.78, 5) is 12.8. The van der Waals surface area contributed by atoms with Crippen molar-refractivity contribution in [2.45, 2.75) is 13.2 Å². The van der Waals surface area contributed by atoms with Crippen LogP contribution in [0.2, 0.25) is 0 Å². The number of benzene rings is 5. The number of amides is 1. The molecule has 0 aliphatic rings. The van der Waals surface area contributed by atoms with Crippen molar-refractivity contribution in [2.75, 3.05) is 5.32 Å². The third kappa shape index (κ3) is 7.07. The van der Waals surface area contributed by atoms with Gasteiger partial charge in [-0.05, 0) is 98.6 Å². The number of fused-ring (bicyclic) bond motifs is 1. The molecule has 0 fully saturated rings. The third-order valence-electron chi connectivity index (χ3n) is 6.20. The monoisotopic (exact) mass is 636 g/mol. The highest BCUT2D eigenvalue weighted by Gasteiger charge is 2.11. The Kier molecular flexibility index (Phi) is 8.74. The molecule has 0 atom stereocenters. The molecule has 0 aliphatic carbocycles. The number of anilines is 1. The number of carbonyl (C=O) groups excluding carboxylic acids is 1. The predicted molar refractivity (Wildman–Crippen MR) is 167 cm³/mol. The van der Waals surface area contributed by atoms with Crippen LogP contribution in [0.3, 0.4) is 0 Å². The molecule has 5 aromatic carbocycles. The number of rotatable bonds is 9. The Hall–Kier alpha value is -4.61. The van der Waals surface area contributed by atoms with Crippen LogP contribution >= 0.6 is 22.6 Å². The summed E-state index contributed by atoms with van der Waals surface area (Å²) in [7, 11) is 0. The summed E-state index contributed by atoms with van der Waals surface area (Å²) in [5, 5.41) is 14.8. The van der Waals surface area contributed by atoms with Crippen molar-refractivity contribution < 1.29 is 14.3 Å². The summed E-state index contributed by atoms with van der Waals surface area (Å²) in [5.74, 6) is 0.950. The minimum absolute atomic E-state index is 0.00466. The van der Waals surface area contributed by atoms with E-state index in [2.05, 4.69) is 58.2 Å². The van der Waals surface area contributed by atoms with Crippen molar-refractivity contribution in [1.29, 1.82) is 5.26 Å². The van der Waals surface area contributed by atoms with Gasteiger partial charge >= 0.3 is 0 Å². The van der Waals surface area contributed by atoms with Crippen molar-refractivity contribution in [3.8, 4) is 17.6 Å². The van der Waals surface area contributed by atoms with Gasteiger partial charge in [0, 0.05) is 5.69 Å². The SMILES string of the molecule is N#C/C(=C\c1ccc(OCc2ccc3ccccc3c2)c(I)c1)C(=O)Nc1ccc(OCc2ccccc2)cc1. The summed E-state index contributed by atoms with van der Waals surface area (Å²) >= 11 is 2.20. The lowest BCUT2D eigenvalue weighted by Crippen LogP contribution is -2.13. The molecule has 5 aromatic rings. The molecular weight excluding hydrogens is 611 g/mol. The third-order valence-corrected chi connectivity index (χ3v) is 7.04. The Balaban J connectivity index is 1.19. The van der Waals surface area contributed by atoms with Gasteiger partial charge in [0.2, 0.25) is 0 Å². The van der Waals surface area contributed by atoms with Crippen LogP contribution in [0.5, 0.6) is 11.5 Å². The van der Waals surface area contributed by atoms with Gasteiger partial charge in [0.25, 0.3) is 5.91 Å². The summed E-state index contributed by atoms with van der Waals surface area (Å²) in [6.07, 6.45) is 1.57. The summed E-state index contributed by atoms with van der Waals surface area (Å²) in [5.41, 5.74) is 3.47. The average Bonchev–Trinajstić information content (AvgIpc) is 2.99. The molecule has 0 unspecified atom stereocenters. The zero-order valence-electron chi connectivity index (χ0n) is 21.5. The first kappa shape index (κ1) is 27.0. The molecule has 0 saturated heterocycles. The Bertz CT molecular complexity index is 1710. The topological polar surface area (TPSA) is 71.3 Å². The maximum absolute atomic E-state index is 12.8. The first-order chi connectivity index (χ1) is 19.6. The van der Waals surface area contributed by atoms with Gasteiger partial charge < -0.3 is 14.8 Å². The number of hydrogen-bond acceptors (Lipinski definition) is 4. The number of nitrogens with one attached hydrogen (secondary N) is 1. The summed E-state index contributed by atoms with van der Waals surface area (Å²) in [6, 6.07) is 39.1. The van der Waals surface area contributed by atoms with Gasteiger partial charge in [-0.3, -0.25) is 4.79 Å². The average molecular weight is 636 g/mol. The number of carbonyl (C=O) groups is 1. The first-order valence-electron chi connectivity index (χ1n) is 12.7.